The van der Waals surface area contributed by atoms with Crippen molar-refractivity contribution in [1.82, 2.24) is 5.32 Å². The van der Waals surface area contributed by atoms with Crippen molar-refractivity contribution in [3.8, 4) is 0 Å². The van der Waals surface area contributed by atoms with Crippen molar-refractivity contribution in [3.63, 3.8) is 0 Å². The maximum atomic E-state index is 6.02. The number of nitrogens with one attached hydrogen (secondary N) is 1. The standard InChI is InChI=1S/C10H19N3/c11-8-4-1-2-5-9(8)13-10-6-3-7-12-10/h8-9H,1-7,11H2,(H,12,13)/t8-,9+/m0/s1. The van der Waals surface area contributed by atoms with E-state index in [1.54, 1.807) is 0 Å². The summed E-state index contributed by atoms with van der Waals surface area (Å²) in [6, 6.07) is 0.706. The molecule has 3 N–H and O–H groups in total. The highest BCUT2D eigenvalue weighted by atomic mass is 15.0. The lowest BCUT2D eigenvalue weighted by Crippen LogP contribution is -2.37. The highest BCUT2D eigenvalue weighted by Gasteiger charge is 2.22. The van der Waals surface area contributed by atoms with Crippen LogP contribution in [-0.4, -0.2) is 24.5 Å². The summed E-state index contributed by atoms with van der Waals surface area (Å²) in [4.78, 5) is 4.70. The lowest BCUT2D eigenvalue weighted by molar-refractivity contribution is 0.386. The van der Waals surface area contributed by atoms with E-state index < -0.39 is 0 Å². The fraction of sp³-hybridized carbons (Fsp3) is 0.900. The minimum Gasteiger partial charge on any atom is -0.374 e. The summed E-state index contributed by atoms with van der Waals surface area (Å²) < 4.78 is 0. The molecule has 3 heteroatoms. The smallest absolute Gasteiger partial charge is 0.0967 e. The average Bonchev–Trinajstić information content (AvgIpc) is 2.61. The lowest BCUT2D eigenvalue weighted by Gasteiger charge is -2.25. The zero-order chi connectivity index (χ0) is 9.10. The van der Waals surface area contributed by atoms with Crippen LogP contribution in [0.2, 0.25) is 0 Å². The van der Waals surface area contributed by atoms with E-state index in [4.69, 9.17) is 10.7 Å². The summed E-state index contributed by atoms with van der Waals surface area (Å²) in [6.07, 6.45) is 7.29. The van der Waals surface area contributed by atoms with Crippen LogP contribution < -0.4 is 11.1 Å². The first-order chi connectivity index (χ1) is 6.36. The van der Waals surface area contributed by atoms with Gasteiger partial charge in [-0.15, -0.1) is 0 Å². The van der Waals surface area contributed by atoms with Gasteiger partial charge in [-0.2, -0.15) is 0 Å². The van der Waals surface area contributed by atoms with E-state index in [9.17, 15) is 0 Å². The molecule has 3 nitrogen and oxygen atoms in total. The number of hydrogen-bond donors (Lipinski definition) is 2. The van der Waals surface area contributed by atoms with Gasteiger partial charge < -0.3 is 11.1 Å². The normalized spacial score (nSPS) is 37.8. The molecule has 2 atom stereocenters. The molecule has 0 bridgehead atoms. The number of rotatable bonds is 1. The average molecular weight is 181 g/mol. The van der Waals surface area contributed by atoms with Gasteiger partial charge in [-0.25, -0.2) is 0 Å². The summed E-state index contributed by atoms with van der Waals surface area (Å²) in [5, 5.41) is 3.32. The third-order valence-electron chi connectivity index (χ3n) is 3.02. The Morgan fingerprint density at radius 2 is 2.08 bits per heavy atom. The van der Waals surface area contributed by atoms with E-state index in [1.165, 1.54) is 31.5 Å². The van der Waals surface area contributed by atoms with Crippen LogP contribution in [0.1, 0.15) is 38.5 Å². The number of nitrogens with two attached hydrogens (primary N) is 1. The van der Waals surface area contributed by atoms with Gasteiger partial charge in [-0.05, 0) is 19.3 Å². The molecule has 0 aromatic rings. The second-order valence-electron chi connectivity index (χ2n) is 4.12. The highest BCUT2D eigenvalue weighted by molar-refractivity contribution is 5.84. The monoisotopic (exact) mass is 181 g/mol. The van der Waals surface area contributed by atoms with Crippen LogP contribution in [0.15, 0.2) is 4.99 Å². The molecule has 2 fully saturated rings. The van der Waals surface area contributed by atoms with E-state index in [-0.39, 0.29) is 0 Å². The second-order valence-corrected chi connectivity index (χ2v) is 4.12. The van der Waals surface area contributed by atoms with Crippen molar-refractivity contribution in [2.24, 2.45) is 10.7 Å². The van der Waals surface area contributed by atoms with Crippen molar-refractivity contribution < 1.29 is 0 Å². The maximum absolute atomic E-state index is 6.02. The predicted octanol–water partition coefficient (Wildman–Crippen LogP) is 1.04. The lowest BCUT2D eigenvalue weighted by atomic mass is 9.91. The highest BCUT2D eigenvalue weighted by Crippen LogP contribution is 2.20. The van der Waals surface area contributed by atoms with Gasteiger partial charge in [0.05, 0.1) is 11.9 Å². The van der Waals surface area contributed by atoms with Crippen LogP contribution in [0.25, 0.3) is 0 Å². The first kappa shape index (κ1) is 9.00. The van der Waals surface area contributed by atoms with Gasteiger partial charge in [0.25, 0.3) is 0 Å². The van der Waals surface area contributed by atoms with Gasteiger partial charge >= 0.3 is 0 Å². The van der Waals surface area contributed by atoms with Crippen LogP contribution >= 0.6 is 0 Å². The quantitative estimate of drug-likeness (QED) is 0.635. The van der Waals surface area contributed by atoms with Gasteiger partial charge in [0.1, 0.15) is 0 Å². The molecule has 1 aliphatic carbocycles. The molecule has 0 amide bonds. The predicted molar refractivity (Wildman–Crippen MR) is 54.9 cm³/mol. The number of nitrogens with zero attached hydrogens (tertiary/aromatic N) is 1. The molecule has 13 heavy (non-hydrogen) atoms. The molecule has 1 saturated heterocycles. The maximum Gasteiger partial charge on any atom is 0.0967 e. The largest absolute Gasteiger partial charge is 0.374 e. The number of amidine groups is 1. The van der Waals surface area contributed by atoms with Crippen molar-refractivity contribution in [2.75, 3.05) is 6.54 Å². The fourth-order valence-electron chi connectivity index (χ4n) is 2.19. The van der Waals surface area contributed by atoms with E-state index >= 15 is 0 Å². The van der Waals surface area contributed by atoms with Gasteiger partial charge in [-0.3, -0.25) is 4.99 Å². The minimum absolute atomic E-state index is 0.309. The van der Waals surface area contributed by atoms with E-state index in [0.29, 0.717) is 12.1 Å². The SMILES string of the molecule is N[C@H]1CCCC[C@H]1N=C1CCCN1. The van der Waals surface area contributed by atoms with Gasteiger partial charge in [0, 0.05) is 19.0 Å². The van der Waals surface area contributed by atoms with Crippen molar-refractivity contribution in [2.45, 2.75) is 50.6 Å². The minimum atomic E-state index is 0.309. The van der Waals surface area contributed by atoms with Gasteiger partial charge in [-0.1, -0.05) is 12.8 Å². The van der Waals surface area contributed by atoms with Gasteiger partial charge in [0.15, 0.2) is 0 Å². The summed E-state index contributed by atoms with van der Waals surface area (Å²) in [5.74, 6) is 1.20. The summed E-state index contributed by atoms with van der Waals surface area (Å²) in [6.45, 7) is 1.10. The van der Waals surface area contributed by atoms with Crippen LogP contribution in [0, 0.1) is 0 Å². The Kier molecular flexibility index (Phi) is 2.83. The zero-order valence-electron chi connectivity index (χ0n) is 8.13. The van der Waals surface area contributed by atoms with Crippen molar-refractivity contribution >= 4 is 5.84 Å². The number of aliphatic imine (C=N–C) groups is 1. The molecule has 1 aliphatic heterocycles. The van der Waals surface area contributed by atoms with E-state index in [0.717, 1.165) is 19.4 Å². The first-order valence-electron chi connectivity index (χ1n) is 5.42. The molecule has 0 unspecified atom stereocenters. The molecule has 2 rings (SSSR count). The van der Waals surface area contributed by atoms with E-state index in [1.807, 2.05) is 0 Å². The molecule has 74 valence electrons. The molecular weight excluding hydrogens is 162 g/mol. The van der Waals surface area contributed by atoms with Crippen LogP contribution in [0.5, 0.6) is 0 Å². The summed E-state index contributed by atoms with van der Waals surface area (Å²) >= 11 is 0. The van der Waals surface area contributed by atoms with Crippen molar-refractivity contribution in [3.05, 3.63) is 0 Å². The molecule has 0 aromatic heterocycles. The fourth-order valence-corrected chi connectivity index (χ4v) is 2.19. The third-order valence-corrected chi connectivity index (χ3v) is 3.02. The Morgan fingerprint density at radius 3 is 2.77 bits per heavy atom. The number of hydrogen-bond acceptors (Lipinski definition) is 2. The molecule has 0 radical (unpaired) electrons. The molecule has 2 aliphatic rings. The van der Waals surface area contributed by atoms with Crippen LogP contribution in [-0.2, 0) is 0 Å². The zero-order valence-corrected chi connectivity index (χ0v) is 8.13. The third kappa shape index (κ3) is 2.21. The van der Waals surface area contributed by atoms with Crippen LogP contribution in [0.3, 0.4) is 0 Å². The van der Waals surface area contributed by atoms with Crippen molar-refractivity contribution in [1.29, 1.82) is 0 Å². The Hall–Kier alpha value is -0.570. The molecule has 0 spiro atoms. The first-order valence-corrected chi connectivity index (χ1v) is 5.42. The molecule has 1 saturated carbocycles. The Labute approximate surface area is 79.8 Å². The van der Waals surface area contributed by atoms with Gasteiger partial charge in [0.2, 0.25) is 0 Å². The molecule has 1 heterocycles. The van der Waals surface area contributed by atoms with E-state index in [2.05, 4.69) is 5.32 Å². The Morgan fingerprint density at radius 1 is 1.23 bits per heavy atom. The Bertz CT molecular complexity index is 192. The van der Waals surface area contributed by atoms with Crippen LogP contribution in [0.4, 0.5) is 0 Å². The Balaban J connectivity index is 1.94. The second kappa shape index (κ2) is 4.09. The summed E-state index contributed by atoms with van der Waals surface area (Å²) in [7, 11) is 0. The molecular formula is C10H19N3. The topological polar surface area (TPSA) is 50.4 Å². The molecule has 0 aromatic carbocycles. The summed E-state index contributed by atoms with van der Waals surface area (Å²) in [5.41, 5.74) is 6.02.